The van der Waals surface area contributed by atoms with Crippen molar-refractivity contribution in [3.05, 3.63) is 22.3 Å². The smallest absolute Gasteiger partial charge is 0.352 e. The second kappa shape index (κ2) is 8.27. The number of fused-ring (bicyclic) bond motifs is 1. The normalized spacial score (nSPS) is 20.3. The quantitative estimate of drug-likeness (QED) is 0.189. The molecule has 4 rings (SSSR count). The fourth-order valence-corrected chi connectivity index (χ4v) is 5.88. The molecule has 4 heterocycles. The van der Waals surface area contributed by atoms with Gasteiger partial charge >= 0.3 is 5.97 Å². The first-order valence-corrected chi connectivity index (χ1v) is 11.5. The fraction of sp³-hybridized carbons (Fsp3) is 0.333. The van der Waals surface area contributed by atoms with Crippen molar-refractivity contribution in [2.45, 2.75) is 16.6 Å². The largest absolute Gasteiger partial charge is 0.477 e. The molecule has 2 atom stereocenters. The highest BCUT2D eigenvalue weighted by atomic mass is 32.2. The van der Waals surface area contributed by atoms with Crippen LogP contribution in [0.3, 0.4) is 0 Å². The third-order valence-corrected chi connectivity index (χ3v) is 7.56. The van der Waals surface area contributed by atoms with Crippen molar-refractivity contribution in [1.29, 1.82) is 0 Å². The van der Waals surface area contributed by atoms with Crippen LogP contribution < -0.4 is 11.1 Å². The molecule has 0 spiro atoms. The van der Waals surface area contributed by atoms with Crippen LogP contribution in [0.5, 0.6) is 0 Å². The number of carbonyl (C=O) groups excluding carboxylic acids is 3. The number of aryl methyl sites for hydroxylation is 1. The fourth-order valence-electron chi connectivity index (χ4n) is 3.00. The van der Waals surface area contributed by atoms with Crippen molar-refractivity contribution in [2.75, 3.05) is 17.2 Å². The summed E-state index contributed by atoms with van der Waals surface area (Å²) in [6, 6.07) is -1.01. The average molecular weight is 483 g/mol. The summed E-state index contributed by atoms with van der Waals surface area (Å²) in [4.78, 5) is 53.8. The zero-order chi connectivity index (χ0) is 22.3. The molecule has 0 aromatic carbocycles. The summed E-state index contributed by atoms with van der Waals surface area (Å²) >= 11 is 3.57. The number of hydrogen-bond donors (Lipinski definition) is 3. The predicted octanol–water partition coefficient (Wildman–Crippen LogP) is -1.04. The number of thiazole rings is 1. The van der Waals surface area contributed by atoms with Gasteiger partial charge in [0.15, 0.2) is 5.13 Å². The first kappa shape index (κ1) is 21.3. The van der Waals surface area contributed by atoms with Gasteiger partial charge in [0.25, 0.3) is 17.6 Å². The lowest BCUT2D eigenvalue weighted by Crippen LogP contribution is -2.71. The van der Waals surface area contributed by atoms with E-state index in [0.717, 1.165) is 16.2 Å². The maximum Gasteiger partial charge on any atom is 0.352 e. The molecule has 2 aliphatic rings. The lowest BCUT2D eigenvalue weighted by Gasteiger charge is -2.49. The van der Waals surface area contributed by atoms with Gasteiger partial charge < -0.3 is 16.2 Å². The molecule has 0 saturated carbocycles. The summed E-state index contributed by atoms with van der Waals surface area (Å²) in [6.45, 7) is 0. The number of tetrazole rings is 1. The second-order valence-electron chi connectivity index (χ2n) is 6.39. The predicted molar refractivity (Wildman–Crippen MR) is 110 cm³/mol. The lowest BCUT2D eigenvalue weighted by molar-refractivity contribution is -0.150. The average Bonchev–Trinajstić information content (AvgIpc) is 3.36. The Morgan fingerprint density at radius 2 is 2.19 bits per heavy atom. The van der Waals surface area contributed by atoms with Gasteiger partial charge in [-0.15, -0.1) is 28.2 Å². The van der Waals surface area contributed by atoms with Gasteiger partial charge in [0, 0.05) is 23.9 Å². The molecule has 16 heteroatoms. The number of aromatic nitrogens is 5. The Balaban J connectivity index is 1.47. The third kappa shape index (κ3) is 3.88. The first-order chi connectivity index (χ1) is 14.8. The van der Waals surface area contributed by atoms with E-state index in [0.29, 0.717) is 16.5 Å². The van der Waals surface area contributed by atoms with Gasteiger partial charge in [0.2, 0.25) is 5.16 Å². The van der Waals surface area contributed by atoms with Crippen molar-refractivity contribution >= 4 is 63.6 Å². The summed E-state index contributed by atoms with van der Waals surface area (Å²) in [6.07, 6.45) is 0. The molecule has 31 heavy (non-hydrogen) atoms. The Kier molecular flexibility index (Phi) is 5.67. The molecular weight excluding hydrogens is 468 g/mol. The highest BCUT2D eigenvalue weighted by Crippen LogP contribution is 2.41. The molecule has 1 saturated heterocycles. The number of β-lactam (4-membered cyclic amide) rings is 1. The van der Waals surface area contributed by atoms with E-state index in [4.69, 9.17) is 5.73 Å². The number of carbonyl (C=O) groups is 4. The number of thioether (sulfide) groups is 2. The van der Waals surface area contributed by atoms with E-state index in [1.165, 1.54) is 33.6 Å². The maximum absolute atomic E-state index is 12.7. The van der Waals surface area contributed by atoms with E-state index in [2.05, 4.69) is 25.8 Å². The summed E-state index contributed by atoms with van der Waals surface area (Å²) in [5.41, 5.74) is 5.77. The van der Waals surface area contributed by atoms with Gasteiger partial charge in [0.1, 0.15) is 22.8 Å². The Morgan fingerprint density at radius 3 is 2.81 bits per heavy atom. The molecule has 4 N–H and O–H groups in total. The molecule has 1 fully saturated rings. The summed E-state index contributed by atoms with van der Waals surface area (Å²) in [5, 5.41) is 24.5. The van der Waals surface area contributed by atoms with Gasteiger partial charge in [-0.05, 0) is 16.0 Å². The number of ketones is 1. The molecule has 13 nitrogen and oxygen atoms in total. The zero-order valence-corrected chi connectivity index (χ0v) is 18.2. The third-order valence-electron chi connectivity index (χ3n) is 4.45. The molecule has 0 unspecified atom stereocenters. The van der Waals surface area contributed by atoms with Crippen molar-refractivity contribution in [3.8, 4) is 0 Å². The Hall–Kier alpha value is -2.98. The topological polar surface area (TPSA) is 186 Å². The van der Waals surface area contributed by atoms with E-state index in [-0.39, 0.29) is 22.3 Å². The zero-order valence-electron chi connectivity index (χ0n) is 15.7. The van der Waals surface area contributed by atoms with E-state index in [1.54, 1.807) is 7.05 Å². The molecule has 0 aliphatic carbocycles. The summed E-state index contributed by atoms with van der Waals surface area (Å²) in [5.74, 6) is -3.15. The monoisotopic (exact) mass is 482 g/mol. The van der Waals surface area contributed by atoms with Gasteiger partial charge in [-0.2, -0.15) is 0 Å². The molecule has 2 aromatic heterocycles. The van der Waals surface area contributed by atoms with Crippen molar-refractivity contribution in [1.82, 2.24) is 35.4 Å². The van der Waals surface area contributed by atoms with E-state index < -0.39 is 35.0 Å². The highest BCUT2D eigenvalue weighted by molar-refractivity contribution is 8.01. The van der Waals surface area contributed by atoms with Crippen molar-refractivity contribution in [3.63, 3.8) is 0 Å². The number of carboxylic acid groups (broad SMARTS) is 1. The van der Waals surface area contributed by atoms with Crippen LogP contribution in [0.25, 0.3) is 0 Å². The van der Waals surface area contributed by atoms with Crippen LogP contribution >= 0.6 is 34.9 Å². The van der Waals surface area contributed by atoms with E-state index in [9.17, 15) is 24.3 Å². The summed E-state index contributed by atoms with van der Waals surface area (Å²) < 4.78 is 1.46. The van der Waals surface area contributed by atoms with Gasteiger partial charge in [-0.3, -0.25) is 19.3 Å². The number of anilines is 1. The first-order valence-electron chi connectivity index (χ1n) is 8.59. The minimum Gasteiger partial charge on any atom is -0.477 e. The number of Topliss-reactive ketones (excluding diaryl/α,β-unsaturated/α-hetero) is 1. The SMILES string of the molecule is Cn1nnnc1SCC1=C(C(=O)O)N2C(=O)[C@@H](NC(=O)C(=O)c3csc(N)n3)[C@H]2SC1. The number of nitrogen functional groups attached to an aromatic ring is 1. The summed E-state index contributed by atoms with van der Waals surface area (Å²) in [7, 11) is 1.66. The number of aliphatic carboxylic acids is 1. The van der Waals surface area contributed by atoms with Crippen LogP contribution in [0.2, 0.25) is 0 Å². The van der Waals surface area contributed by atoms with Crippen LogP contribution in [-0.2, 0) is 21.4 Å². The molecule has 0 radical (unpaired) electrons. The van der Waals surface area contributed by atoms with Crippen LogP contribution in [0.1, 0.15) is 10.5 Å². The number of nitrogens with two attached hydrogens (primary N) is 1. The standard InChI is InChI=1S/C15H14N8O5S3/c1-22-15(19-20-21-22)31-3-5-2-29-12-7(11(26)23(12)8(5)13(27)28)18-10(25)9(24)6-4-30-14(16)17-6/h4,7,12H,2-3H2,1H3,(H2,16,17)(H,18,25)(H,27,28)/t7-,12-/m1/s1. The second-order valence-corrected chi connectivity index (χ2v) is 9.33. The molecule has 162 valence electrons. The molecular formula is C15H14N8O5S3. The van der Waals surface area contributed by atoms with Gasteiger partial charge in [-0.1, -0.05) is 11.8 Å². The molecule has 2 aliphatic heterocycles. The maximum atomic E-state index is 12.7. The molecule has 2 amide bonds. The van der Waals surface area contributed by atoms with Crippen LogP contribution in [0.15, 0.2) is 21.8 Å². The van der Waals surface area contributed by atoms with Gasteiger partial charge in [0.05, 0.1) is 0 Å². The van der Waals surface area contributed by atoms with Crippen molar-refractivity contribution < 1.29 is 24.3 Å². The Labute approximate surface area is 186 Å². The van der Waals surface area contributed by atoms with Gasteiger partial charge in [-0.25, -0.2) is 14.5 Å². The van der Waals surface area contributed by atoms with Crippen LogP contribution in [-0.4, -0.2) is 81.7 Å². The highest BCUT2D eigenvalue weighted by Gasteiger charge is 2.54. The Bertz CT molecular complexity index is 1130. The number of carboxylic acids is 1. The van der Waals surface area contributed by atoms with Crippen molar-refractivity contribution in [2.24, 2.45) is 7.05 Å². The lowest BCUT2D eigenvalue weighted by atomic mass is 10.0. The molecule has 0 bridgehead atoms. The number of nitrogens with one attached hydrogen (secondary N) is 1. The Morgan fingerprint density at radius 1 is 1.42 bits per heavy atom. The number of hydrogen-bond acceptors (Lipinski definition) is 12. The number of nitrogens with zero attached hydrogens (tertiary/aromatic N) is 6. The molecule has 2 aromatic rings. The number of rotatable bonds is 7. The van der Waals surface area contributed by atoms with E-state index >= 15 is 0 Å². The van der Waals surface area contributed by atoms with E-state index in [1.807, 2.05) is 0 Å². The van der Waals surface area contributed by atoms with Crippen LogP contribution in [0.4, 0.5) is 5.13 Å². The van der Waals surface area contributed by atoms with Crippen LogP contribution in [0, 0.1) is 0 Å². The number of amides is 2. The minimum atomic E-state index is -1.25. The minimum absolute atomic E-state index is 0.108.